The summed E-state index contributed by atoms with van der Waals surface area (Å²) < 4.78 is 20.6. The Bertz CT molecular complexity index is 740. The van der Waals surface area contributed by atoms with Gasteiger partial charge in [-0.25, -0.2) is 9.37 Å². The number of cyclic esters (lactones) is 1. The van der Waals surface area contributed by atoms with Gasteiger partial charge >= 0.3 is 5.97 Å². The van der Waals surface area contributed by atoms with Crippen molar-refractivity contribution in [3.63, 3.8) is 0 Å². The molecule has 1 N–H and O–H groups in total. The standard InChI is InChI=1S/C19H23FN2O3/c1-12(2)17-11-21-19(13-3-5-14(20)6-4-13)22(17)8-7-16-9-15(23)10-18(24)25-16/h3-6,11-12,15-16,23H,7-10H2,1-2H3/t15-,16-/m1/s1. The molecule has 0 unspecified atom stereocenters. The first-order chi connectivity index (χ1) is 11.9. The van der Waals surface area contributed by atoms with Crippen LogP contribution in [0.4, 0.5) is 4.39 Å². The molecular weight excluding hydrogens is 323 g/mol. The Morgan fingerprint density at radius 1 is 1.36 bits per heavy atom. The van der Waals surface area contributed by atoms with Gasteiger partial charge in [-0.05, 0) is 30.2 Å². The van der Waals surface area contributed by atoms with Crippen LogP contribution in [0.5, 0.6) is 0 Å². The van der Waals surface area contributed by atoms with Crippen LogP contribution in [0.1, 0.15) is 44.7 Å². The fourth-order valence-corrected chi connectivity index (χ4v) is 3.23. The zero-order chi connectivity index (χ0) is 18.0. The number of aliphatic hydroxyl groups is 1. The molecular formula is C19H23FN2O3. The van der Waals surface area contributed by atoms with Gasteiger partial charge < -0.3 is 14.4 Å². The summed E-state index contributed by atoms with van der Waals surface area (Å²) in [6.07, 6.45) is 2.05. The third-order valence-electron chi connectivity index (χ3n) is 4.49. The Balaban J connectivity index is 1.82. The number of imidazole rings is 1. The topological polar surface area (TPSA) is 64.3 Å². The molecule has 2 atom stereocenters. The van der Waals surface area contributed by atoms with Crippen molar-refractivity contribution in [2.24, 2.45) is 0 Å². The first kappa shape index (κ1) is 17.6. The first-order valence-corrected chi connectivity index (χ1v) is 8.63. The molecule has 5 nitrogen and oxygen atoms in total. The molecule has 0 saturated carbocycles. The molecule has 6 heteroatoms. The maximum absolute atomic E-state index is 13.2. The highest BCUT2D eigenvalue weighted by Crippen LogP contribution is 2.26. The van der Waals surface area contributed by atoms with E-state index in [9.17, 15) is 14.3 Å². The summed E-state index contributed by atoms with van der Waals surface area (Å²) in [4.78, 5) is 16.0. The lowest BCUT2D eigenvalue weighted by Gasteiger charge is -2.26. The van der Waals surface area contributed by atoms with E-state index in [2.05, 4.69) is 23.4 Å². The van der Waals surface area contributed by atoms with Crippen LogP contribution in [0, 0.1) is 5.82 Å². The number of aliphatic hydroxyl groups excluding tert-OH is 1. The van der Waals surface area contributed by atoms with Crippen molar-refractivity contribution in [3.05, 3.63) is 42.0 Å². The number of rotatable bonds is 5. The van der Waals surface area contributed by atoms with E-state index in [1.807, 2.05) is 6.20 Å². The summed E-state index contributed by atoms with van der Waals surface area (Å²) in [5.41, 5.74) is 1.91. The molecule has 3 rings (SSSR count). The Hall–Kier alpha value is -2.21. The van der Waals surface area contributed by atoms with Gasteiger partial charge in [-0.2, -0.15) is 0 Å². The molecule has 0 spiro atoms. The quantitative estimate of drug-likeness (QED) is 0.844. The molecule has 2 heterocycles. The molecule has 0 bridgehead atoms. The number of hydrogen-bond donors (Lipinski definition) is 1. The lowest BCUT2D eigenvalue weighted by molar-refractivity contribution is -0.160. The molecule has 1 aliphatic rings. The summed E-state index contributed by atoms with van der Waals surface area (Å²) >= 11 is 0. The van der Waals surface area contributed by atoms with Gasteiger partial charge in [0.25, 0.3) is 0 Å². The number of carbonyl (C=O) groups is 1. The van der Waals surface area contributed by atoms with Gasteiger partial charge in [0, 0.05) is 36.8 Å². The molecule has 134 valence electrons. The van der Waals surface area contributed by atoms with E-state index in [1.54, 1.807) is 12.1 Å². The zero-order valence-corrected chi connectivity index (χ0v) is 14.5. The van der Waals surface area contributed by atoms with Gasteiger partial charge in [0.1, 0.15) is 17.7 Å². The number of aromatic nitrogens is 2. The predicted molar refractivity (Wildman–Crippen MR) is 91.4 cm³/mol. The average molecular weight is 346 g/mol. The Kier molecular flexibility index (Phi) is 5.18. The Labute approximate surface area is 146 Å². The van der Waals surface area contributed by atoms with Crippen molar-refractivity contribution >= 4 is 5.97 Å². The number of nitrogens with zero attached hydrogens (tertiary/aromatic N) is 2. The molecule has 0 aliphatic carbocycles. The van der Waals surface area contributed by atoms with Crippen LogP contribution < -0.4 is 0 Å². The molecule has 0 radical (unpaired) electrons. The van der Waals surface area contributed by atoms with Crippen LogP contribution in [0.3, 0.4) is 0 Å². The number of benzene rings is 1. The van der Waals surface area contributed by atoms with Gasteiger partial charge in [-0.1, -0.05) is 13.8 Å². The van der Waals surface area contributed by atoms with E-state index in [-0.39, 0.29) is 30.2 Å². The minimum atomic E-state index is -0.629. The summed E-state index contributed by atoms with van der Waals surface area (Å²) in [6, 6.07) is 6.26. The number of carbonyl (C=O) groups excluding carboxylic acids is 1. The zero-order valence-electron chi connectivity index (χ0n) is 14.5. The molecule has 1 aromatic heterocycles. The molecule has 1 fully saturated rings. The number of hydrogen-bond acceptors (Lipinski definition) is 4. The minimum Gasteiger partial charge on any atom is -0.462 e. The van der Waals surface area contributed by atoms with E-state index < -0.39 is 6.10 Å². The second kappa shape index (κ2) is 7.35. The van der Waals surface area contributed by atoms with E-state index in [1.165, 1.54) is 12.1 Å². The van der Waals surface area contributed by atoms with E-state index in [4.69, 9.17) is 4.74 Å². The molecule has 0 amide bonds. The smallest absolute Gasteiger partial charge is 0.308 e. The molecule has 1 aliphatic heterocycles. The SMILES string of the molecule is CC(C)c1cnc(-c2ccc(F)cc2)n1CC[C@@H]1C[C@@H](O)CC(=O)O1. The Morgan fingerprint density at radius 3 is 2.72 bits per heavy atom. The molecule has 1 aromatic carbocycles. The van der Waals surface area contributed by atoms with Crippen molar-refractivity contribution in [1.82, 2.24) is 9.55 Å². The second-order valence-electron chi connectivity index (χ2n) is 6.81. The van der Waals surface area contributed by atoms with Crippen LogP contribution in [-0.4, -0.2) is 32.8 Å². The van der Waals surface area contributed by atoms with Crippen LogP contribution in [0.15, 0.2) is 30.5 Å². The number of ether oxygens (including phenoxy) is 1. The monoisotopic (exact) mass is 346 g/mol. The highest BCUT2D eigenvalue weighted by molar-refractivity contribution is 5.70. The maximum atomic E-state index is 13.2. The molecule has 1 saturated heterocycles. The maximum Gasteiger partial charge on any atom is 0.308 e. The fraction of sp³-hybridized carbons (Fsp3) is 0.474. The van der Waals surface area contributed by atoms with Gasteiger partial charge in [0.2, 0.25) is 0 Å². The van der Waals surface area contributed by atoms with Crippen molar-refractivity contribution in [3.8, 4) is 11.4 Å². The van der Waals surface area contributed by atoms with Crippen molar-refractivity contribution in [1.29, 1.82) is 0 Å². The van der Waals surface area contributed by atoms with Gasteiger partial charge in [0.15, 0.2) is 0 Å². The second-order valence-corrected chi connectivity index (χ2v) is 6.81. The van der Waals surface area contributed by atoms with Crippen LogP contribution in [-0.2, 0) is 16.1 Å². The lowest BCUT2D eigenvalue weighted by atomic mass is 10.0. The Morgan fingerprint density at radius 2 is 2.08 bits per heavy atom. The van der Waals surface area contributed by atoms with E-state index in [0.29, 0.717) is 19.4 Å². The van der Waals surface area contributed by atoms with Crippen molar-refractivity contribution in [2.45, 2.75) is 57.8 Å². The molecule has 25 heavy (non-hydrogen) atoms. The molecule has 2 aromatic rings. The average Bonchev–Trinajstić information content (AvgIpc) is 2.97. The third-order valence-corrected chi connectivity index (χ3v) is 4.49. The predicted octanol–water partition coefficient (Wildman–Crippen LogP) is 3.27. The number of halogens is 1. The summed E-state index contributed by atoms with van der Waals surface area (Å²) in [7, 11) is 0. The summed E-state index contributed by atoms with van der Waals surface area (Å²) in [5, 5.41) is 9.75. The van der Waals surface area contributed by atoms with Crippen molar-refractivity contribution in [2.75, 3.05) is 0 Å². The number of esters is 1. The van der Waals surface area contributed by atoms with Crippen LogP contribution >= 0.6 is 0 Å². The summed E-state index contributed by atoms with van der Waals surface area (Å²) in [5.74, 6) is 0.416. The van der Waals surface area contributed by atoms with Crippen LogP contribution in [0.25, 0.3) is 11.4 Å². The fourth-order valence-electron chi connectivity index (χ4n) is 3.23. The minimum absolute atomic E-state index is 0.0691. The van der Waals surface area contributed by atoms with E-state index in [0.717, 1.165) is 17.1 Å². The van der Waals surface area contributed by atoms with Crippen LogP contribution in [0.2, 0.25) is 0 Å². The highest BCUT2D eigenvalue weighted by atomic mass is 19.1. The largest absolute Gasteiger partial charge is 0.462 e. The highest BCUT2D eigenvalue weighted by Gasteiger charge is 2.27. The third kappa shape index (κ3) is 4.07. The van der Waals surface area contributed by atoms with Gasteiger partial charge in [-0.3, -0.25) is 4.79 Å². The summed E-state index contributed by atoms with van der Waals surface area (Å²) in [6.45, 7) is 4.80. The van der Waals surface area contributed by atoms with Crippen molar-refractivity contribution < 1.29 is 19.0 Å². The normalized spacial score (nSPS) is 20.8. The lowest BCUT2D eigenvalue weighted by Crippen LogP contribution is -2.33. The first-order valence-electron chi connectivity index (χ1n) is 8.63. The van der Waals surface area contributed by atoms with Gasteiger partial charge in [-0.15, -0.1) is 0 Å². The van der Waals surface area contributed by atoms with E-state index >= 15 is 0 Å². The van der Waals surface area contributed by atoms with Gasteiger partial charge in [0.05, 0.1) is 12.5 Å².